The molecule has 1 aromatic carbocycles. The summed E-state index contributed by atoms with van der Waals surface area (Å²) in [7, 11) is 1.75. The fraction of sp³-hybridized carbons (Fsp3) is 0.647. The Hall–Kier alpha value is -1.02. The molecular formula is C17H29NO. The van der Waals surface area contributed by atoms with Gasteiger partial charge in [-0.05, 0) is 42.1 Å². The zero-order chi connectivity index (χ0) is 14.6. The number of ether oxygens (including phenoxy) is 1. The summed E-state index contributed by atoms with van der Waals surface area (Å²) in [6, 6.07) is 4.51. The van der Waals surface area contributed by atoms with Crippen LogP contribution in [-0.2, 0) is 5.41 Å². The number of nitrogens with one attached hydrogen (secondary N) is 1. The minimum atomic E-state index is 0.135. The highest BCUT2D eigenvalue weighted by Gasteiger charge is 2.24. The average molecular weight is 263 g/mol. The topological polar surface area (TPSA) is 21.3 Å². The van der Waals surface area contributed by atoms with E-state index in [1.807, 2.05) is 0 Å². The molecule has 0 aliphatic heterocycles. The molecular weight excluding hydrogens is 234 g/mol. The Balaban J connectivity index is 3.24. The molecule has 0 spiro atoms. The van der Waals surface area contributed by atoms with E-state index in [1.54, 1.807) is 7.11 Å². The first kappa shape index (κ1) is 16.0. The summed E-state index contributed by atoms with van der Waals surface area (Å²) in [5, 5.41) is 3.46. The quantitative estimate of drug-likeness (QED) is 0.837. The van der Waals surface area contributed by atoms with Gasteiger partial charge in [0.25, 0.3) is 0 Å². The van der Waals surface area contributed by atoms with Crippen LogP contribution in [0.5, 0.6) is 5.75 Å². The van der Waals surface area contributed by atoms with Gasteiger partial charge in [0.15, 0.2) is 0 Å². The molecule has 0 aliphatic carbocycles. The van der Waals surface area contributed by atoms with Gasteiger partial charge in [0.05, 0.1) is 7.11 Å². The first-order valence-corrected chi connectivity index (χ1v) is 7.23. The van der Waals surface area contributed by atoms with E-state index in [-0.39, 0.29) is 5.41 Å². The van der Waals surface area contributed by atoms with E-state index < -0.39 is 0 Å². The second kappa shape index (κ2) is 6.42. The van der Waals surface area contributed by atoms with Crippen LogP contribution >= 0.6 is 0 Å². The largest absolute Gasteiger partial charge is 0.496 e. The van der Waals surface area contributed by atoms with Crippen molar-refractivity contribution in [2.45, 2.75) is 52.9 Å². The first-order valence-electron chi connectivity index (χ1n) is 7.23. The minimum absolute atomic E-state index is 0.135. The maximum Gasteiger partial charge on any atom is 0.122 e. The molecule has 19 heavy (non-hydrogen) atoms. The van der Waals surface area contributed by atoms with Gasteiger partial charge in [-0.1, -0.05) is 40.7 Å². The molecule has 0 aliphatic rings. The lowest BCUT2D eigenvalue weighted by atomic mass is 9.80. The molecule has 0 fully saturated rings. The monoisotopic (exact) mass is 263 g/mol. The zero-order valence-electron chi connectivity index (χ0n) is 13.6. The summed E-state index contributed by atoms with van der Waals surface area (Å²) >= 11 is 0. The molecule has 0 heterocycles. The summed E-state index contributed by atoms with van der Waals surface area (Å²) in [6.07, 6.45) is 0. The summed E-state index contributed by atoms with van der Waals surface area (Å²) in [6.45, 7) is 15.4. The Morgan fingerprint density at radius 1 is 1.26 bits per heavy atom. The van der Waals surface area contributed by atoms with Gasteiger partial charge >= 0.3 is 0 Å². The van der Waals surface area contributed by atoms with Crippen molar-refractivity contribution < 1.29 is 4.74 Å². The molecule has 0 radical (unpaired) electrons. The number of hydrogen-bond acceptors (Lipinski definition) is 2. The molecule has 0 aromatic heterocycles. The van der Waals surface area contributed by atoms with E-state index >= 15 is 0 Å². The van der Waals surface area contributed by atoms with E-state index in [0.717, 1.165) is 18.8 Å². The van der Waals surface area contributed by atoms with Gasteiger partial charge in [0.1, 0.15) is 5.75 Å². The van der Waals surface area contributed by atoms with E-state index in [0.29, 0.717) is 5.92 Å². The van der Waals surface area contributed by atoms with Crippen LogP contribution in [0.15, 0.2) is 12.1 Å². The highest BCUT2D eigenvalue weighted by Crippen LogP contribution is 2.34. The van der Waals surface area contributed by atoms with Crippen molar-refractivity contribution in [2.24, 2.45) is 0 Å². The van der Waals surface area contributed by atoms with Crippen LogP contribution in [-0.4, -0.2) is 20.2 Å². The third-order valence-corrected chi connectivity index (χ3v) is 3.74. The first-order chi connectivity index (χ1) is 8.83. The van der Waals surface area contributed by atoms with Gasteiger partial charge in [-0.25, -0.2) is 0 Å². The zero-order valence-corrected chi connectivity index (χ0v) is 13.6. The fourth-order valence-electron chi connectivity index (χ4n) is 2.59. The predicted octanol–water partition coefficient (Wildman–Crippen LogP) is 4.01. The lowest BCUT2D eigenvalue weighted by Crippen LogP contribution is -2.33. The second-order valence-corrected chi connectivity index (χ2v) is 6.23. The molecule has 1 aromatic rings. The van der Waals surface area contributed by atoms with E-state index in [1.165, 1.54) is 16.7 Å². The van der Waals surface area contributed by atoms with Crippen molar-refractivity contribution in [2.75, 3.05) is 20.2 Å². The Morgan fingerprint density at radius 2 is 1.89 bits per heavy atom. The predicted molar refractivity (Wildman–Crippen MR) is 83.4 cm³/mol. The number of likely N-dealkylation sites (N-methyl/N-ethyl adjacent to an activating group) is 1. The number of methoxy groups -OCH3 is 1. The van der Waals surface area contributed by atoms with Gasteiger partial charge in [-0.3, -0.25) is 0 Å². The van der Waals surface area contributed by atoms with Crippen molar-refractivity contribution in [3.05, 3.63) is 28.8 Å². The summed E-state index contributed by atoms with van der Waals surface area (Å²) in [5.74, 6) is 1.49. The Labute approximate surface area is 118 Å². The third-order valence-electron chi connectivity index (χ3n) is 3.74. The summed E-state index contributed by atoms with van der Waals surface area (Å²) < 4.78 is 5.52. The third kappa shape index (κ3) is 3.73. The number of hydrogen-bond donors (Lipinski definition) is 1. The van der Waals surface area contributed by atoms with Crippen LogP contribution in [0.2, 0.25) is 0 Å². The van der Waals surface area contributed by atoms with E-state index in [4.69, 9.17) is 4.74 Å². The fourth-order valence-corrected chi connectivity index (χ4v) is 2.59. The molecule has 0 atom stereocenters. The van der Waals surface area contributed by atoms with E-state index in [9.17, 15) is 0 Å². The maximum absolute atomic E-state index is 5.52. The molecule has 1 N–H and O–H groups in total. The Morgan fingerprint density at radius 3 is 2.37 bits per heavy atom. The van der Waals surface area contributed by atoms with Crippen LogP contribution in [0.25, 0.3) is 0 Å². The van der Waals surface area contributed by atoms with Gasteiger partial charge in [-0.2, -0.15) is 0 Å². The lowest BCUT2D eigenvalue weighted by molar-refractivity contribution is 0.405. The molecule has 2 nitrogen and oxygen atoms in total. The van der Waals surface area contributed by atoms with Gasteiger partial charge in [-0.15, -0.1) is 0 Å². The summed E-state index contributed by atoms with van der Waals surface area (Å²) in [4.78, 5) is 0. The van der Waals surface area contributed by atoms with Crippen LogP contribution < -0.4 is 10.1 Å². The second-order valence-electron chi connectivity index (χ2n) is 6.23. The normalized spacial score (nSPS) is 12.0. The molecule has 0 saturated carbocycles. The molecule has 0 bridgehead atoms. The van der Waals surface area contributed by atoms with Crippen molar-refractivity contribution in [3.8, 4) is 5.75 Å². The Bertz CT molecular complexity index is 422. The number of aryl methyl sites for hydroxylation is 1. The van der Waals surface area contributed by atoms with Crippen LogP contribution in [0, 0.1) is 6.92 Å². The summed E-state index contributed by atoms with van der Waals surface area (Å²) in [5.41, 5.74) is 4.16. The van der Waals surface area contributed by atoms with Gasteiger partial charge in [0, 0.05) is 12.0 Å². The van der Waals surface area contributed by atoms with Crippen molar-refractivity contribution >= 4 is 0 Å². The molecule has 0 unspecified atom stereocenters. The maximum atomic E-state index is 5.52. The van der Waals surface area contributed by atoms with Crippen LogP contribution in [0.1, 0.15) is 57.2 Å². The minimum Gasteiger partial charge on any atom is -0.496 e. The number of benzene rings is 1. The highest BCUT2D eigenvalue weighted by molar-refractivity contribution is 5.46. The average Bonchev–Trinajstić information content (AvgIpc) is 2.35. The molecule has 0 amide bonds. The molecule has 108 valence electrons. The Kier molecular flexibility index (Phi) is 5.42. The van der Waals surface area contributed by atoms with E-state index in [2.05, 4.69) is 59.0 Å². The van der Waals surface area contributed by atoms with Gasteiger partial charge in [0.2, 0.25) is 0 Å². The van der Waals surface area contributed by atoms with Crippen LogP contribution in [0.4, 0.5) is 0 Å². The van der Waals surface area contributed by atoms with Gasteiger partial charge < -0.3 is 10.1 Å². The van der Waals surface area contributed by atoms with Crippen molar-refractivity contribution in [3.63, 3.8) is 0 Å². The van der Waals surface area contributed by atoms with Crippen molar-refractivity contribution in [1.82, 2.24) is 5.32 Å². The van der Waals surface area contributed by atoms with Crippen molar-refractivity contribution in [1.29, 1.82) is 0 Å². The molecule has 0 saturated heterocycles. The van der Waals surface area contributed by atoms with Crippen LogP contribution in [0.3, 0.4) is 0 Å². The highest BCUT2D eigenvalue weighted by atomic mass is 16.5. The molecule has 2 heteroatoms. The number of rotatable bonds is 6. The standard InChI is InChI=1S/C17H29NO/c1-8-18-11-17(5,6)15-10-14(12(2)3)16(19-7)9-13(15)4/h9-10,12,18H,8,11H2,1-7H3. The molecule has 1 rings (SSSR count). The lowest BCUT2D eigenvalue weighted by Gasteiger charge is -2.29. The smallest absolute Gasteiger partial charge is 0.122 e. The SMILES string of the molecule is CCNCC(C)(C)c1cc(C(C)C)c(OC)cc1C.